The Labute approximate surface area is 117 Å². The zero-order valence-electron chi connectivity index (χ0n) is 11.6. The first-order valence-corrected chi connectivity index (χ1v) is 6.81. The molecule has 3 N–H and O–H groups in total. The van der Waals surface area contributed by atoms with E-state index in [-0.39, 0.29) is 0 Å². The third-order valence-corrected chi connectivity index (χ3v) is 3.49. The number of H-pyrrole nitrogens is 1. The molecule has 2 aromatic rings. The van der Waals surface area contributed by atoms with Crippen molar-refractivity contribution < 1.29 is 4.74 Å². The maximum absolute atomic E-state index is 6.00. The molecule has 1 aliphatic rings. The summed E-state index contributed by atoms with van der Waals surface area (Å²) >= 11 is 0. The molecule has 1 aliphatic heterocycles. The first kappa shape index (κ1) is 12.9. The van der Waals surface area contributed by atoms with Crippen molar-refractivity contribution in [2.75, 3.05) is 26.3 Å². The second-order valence-electron chi connectivity index (χ2n) is 4.93. The van der Waals surface area contributed by atoms with Crippen LogP contribution in [0, 0.1) is 6.92 Å². The molecule has 0 atom stereocenters. The summed E-state index contributed by atoms with van der Waals surface area (Å²) in [7, 11) is 0. The highest BCUT2D eigenvalue weighted by atomic mass is 16.5. The van der Waals surface area contributed by atoms with Gasteiger partial charge >= 0.3 is 0 Å². The lowest BCUT2D eigenvalue weighted by Crippen LogP contribution is -2.44. The van der Waals surface area contributed by atoms with Gasteiger partial charge in [0, 0.05) is 13.1 Å². The molecule has 0 spiro atoms. The molecule has 2 heterocycles. The zero-order valence-corrected chi connectivity index (χ0v) is 11.6. The standard InChI is InChI=1S/C14H19N5O/c1-10-3-2-4-11-13(10)18-12(17-11)9-16-14(15)19-5-7-20-8-6-19/h2-4H,5-9H2,1H3,(H2,15,16)(H,17,18). The molecule has 20 heavy (non-hydrogen) atoms. The van der Waals surface area contributed by atoms with Gasteiger partial charge in [0.15, 0.2) is 5.96 Å². The molecule has 1 aromatic heterocycles. The lowest BCUT2D eigenvalue weighted by Gasteiger charge is -2.27. The summed E-state index contributed by atoms with van der Waals surface area (Å²) in [5.74, 6) is 1.40. The number of nitrogens with one attached hydrogen (secondary N) is 1. The van der Waals surface area contributed by atoms with Crippen LogP contribution in [0.25, 0.3) is 11.0 Å². The van der Waals surface area contributed by atoms with E-state index >= 15 is 0 Å². The SMILES string of the molecule is Cc1cccc2[nH]c(CN=C(N)N3CCOCC3)nc12. The Morgan fingerprint density at radius 3 is 3.00 bits per heavy atom. The van der Waals surface area contributed by atoms with Crippen LogP contribution in [0.15, 0.2) is 23.2 Å². The van der Waals surface area contributed by atoms with Crippen LogP contribution in [-0.2, 0) is 11.3 Å². The number of benzene rings is 1. The fourth-order valence-electron chi connectivity index (χ4n) is 2.35. The predicted molar refractivity (Wildman–Crippen MR) is 78.5 cm³/mol. The average Bonchev–Trinajstić information content (AvgIpc) is 2.90. The molecule has 1 saturated heterocycles. The molecule has 0 aliphatic carbocycles. The van der Waals surface area contributed by atoms with Crippen LogP contribution in [0.4, 0.5) is 0 Å². The number of imidazole rings is 1. The van der Waals surface area contributed by atoms with Gasteiger partial charge in [0.25, 0.3) is 0 Å². The van der Waals surface area contributed by atoms with Crippen LogP contribution < -0.4 is 5.73 Å². The number of hydrogen-bond acceptors (Lipinski definition) is 3. The van der Waals surface area contributed by atoms with Crippen LogP contribution in [0.2, 0.25) is 0 Å². The van der Waals surface area contributed by atoms with Crippen molar-refractivity contribution in [3.63, 3.8) is 0 Å². The van der Waals surface area contributed by atoms with Crippen LogP contribution >= 0.6 is 0 Å². The number of nitrogens with zero attached hydrogens (tertiary/aromatic N) is 3. The van der Waals surface area contributed by atoms with Gasteiger partial charge in [-0.25, -0.2) is 9.98 Å². The van der Waals surface area contributed by atoms with Crippen LogP contribution in [0.1, 0.15) is 11.4 Å². The topological polar surface area (TPSA) is 79.5 Å². The number of para-hydroxylation sites is 1. The number of morpholine rings is 1. The van der Waals surface area contributed by atoms with E-state index < -0.39 is 0 Å². The molecule has 6 heteroatoms. The molecule has 1 fully saturated rings. The molecule has 0 bridgehead atoms. The first-order valence-electron chi connectivity index (χ1n) is 6.81. The van der Waals surface area contributed by atoms with Gasteiger partial charge in [-0.05, 0) is 18.6 Å². The fraction of sp³-hybridized carbons (Fsp3) is 0.429. The van der Waals surface area contributed by atoms with Gasteiger partial charge in [0.05, 0.1) is 24.2 Å². The number of aromatic amines is 1. The number of ether oxygens (including phenoxy) is 1. The van der Waals surface area contributed by atoms with Crippen LogP contribution in [0.5, 0.6) is 0 Å². The normalized spacial score (nSPS) is 16.9. The van der Waals surface area contributed by atoms with Gasteiger partial charge < -0.3 is 20.4 Å². The maximum atomic E-state index is 6.00. The molecule has 1 aromatic carbocycles. The quantitative estimate of drug-likeness (QED) is 0.632. The summed E-state index contributed by atoms with van der Waals surface area (Å²) < 4.78 is 5.29. The highest BCUT2D eigenvalue weighted by Crippen LogP contribution is 2.15. The number of aryl methyl sites for hydroxylation is 1. The van der Waals surface area contributed by atoms with Crippen molar-refractivity contribution >= 4 is 17.0 Å². The second-order valence-corrected chi connectivity index (χ2v) is 4.93. The van der Waals surface area contributed by atoms with E-state index in [1.165, 1.54) is 0 Å². The molecule has 0 amide bonds. The molecule has 106 valence electrons. The predicted octanol–water partition coefficient (Wildman–Crippen LogP) is 1.02. The van der Waals surface area contributed by atoms with Gasteiger partial charge in [-0.1, -0.05) is 12.1 Å². The Morgan fingerprint density at radius 2 is 2.25 bits per heavy atom. The van der Waals surface area contributed by atoms with E-state index in [9.17, 15) is 0 Å². The van der Waals surface area contributed by atoms with Crippen LogP contribution in [0.3, 0.4) is 0 Å². The fourth-order valence-corrected chi connectivity index (χ4v) is 2.35. The summed E-state index contributed by atoms with van der Waals surface area (Å²) in [6.45, 7) is 5.54. The van der Waals surface area contributed by atoms with Crippen molar-refractivity contribution in [1.82, 2.24) is 14.9 Å². The molecular weight excluding hydrogens is 254 g/mol. The Kier molecular flexibility index (Phi) is 3.56. The lowest BCUT2D eigenvalue weighted by atomic mass is 10.2. The van der Waals surface area contributed by atoms with E-state index in [0.717, 1.165) is 35.5 Å². The number of rotatable bonds is 2. The number of nitrogens with two attached hydrogens (primary N) is 1. The third-order valence-electron chi connectivity index (χ3n) is 3.49. The van der Waals surface area contributed by atoms with Gasteiger partial charge in [-0.15, -0.1) is 0 Å². The zero-order chi connectivity index (χ0) is 13.9. The van der Waals surface area contributed by atoms with E-state index in [2.05, 4.69) is 28.0 Å². The highest BCUT2D eigenvalue weighted by molar-refractivity contribution is 5.79. The summed E-state index contributed by atoms with van der Waals surface area (Å²) in [5.41, 5.74) is 9.21. The van der Waals surface area contributed by atoms with Crippen molar-refractivity contribution in [3.8, 4) is 0 Å². The molecule has 6 nitrogen and oxygen atoms in total. The van der Waals surface area contributed by atoms with Crippen molar-refractivity contribution in [2.24, 2.45) is 10.7 Å². The Hall–Kier alpha value is -2.08. The average molecular weight is 273 g/mol. The van der Waals surface area contributed by atoms with Crippen LogP contribution in [-0.4, -0.2) is 47.1 Å². The number of fused-ring (bicyclic) bond motifs is 1. The first-order chi connectivity index (χ1) is 9.74. The van der Waals surface area contributed by atoms with Gasteiger partial charge in [0.1, 0.15) is 12.4 Å². The second kappa shape index (κ2) is 5.50. The Balaban J connectivity index is 1.74. The molecular formula is C14H19N5O. The Bertz CT molecular complexity index is 628. The summed E-state index contributed by atoms with van der Waals surface area (Å²) in [6, 6.07) is 6.09. The summed E-state index contributed by atoms with van der Waals surface area (Å²) in [4.78, 5) is 14.3. The minimum Gasteiger partial charge on any atom is -0.378 e. The lowest BCUT2D eigenvalue weighted by molar-refractivity contribution is 0.0674. The number of hydrogen-bond donors (Lipinski definition) is 2. The number of aliphatic imine (C=N–C) groups is 1. The number of aromatic nitrogens is 2. The van der Waals surface area contributed by atoms with Gasteiger partial charge in [-0.2, -0.15) is 0 Å². The summed E-state index contributed by atoms with van der Waals surface area (Å²) in [6.07, 6.45) is 0. The van der Waals surface area contributed by atoms with E-state index in [4.69, 9.17) is 10.5 Å². The van der Waals surface area contributed by atoms with Gasteiger partial charge in [-0.3, -0.25) is 0 Å². The maximum Gasteiger partial charge on any atom is 0.191 e. The minimum atomic E-state index is 0.470. The van der Waals surface area contributed by atoms with E-state index in [0.29, 0.717) is 25.7 Å². The van der Waals surface area contributed by atoms with Crippen molar-refractivity contribution in [3.05, 3.63) is 29.6 Å². The third kappa shape index (κ3) is 2.60. The monoisotopic (exact) mass is 273 g/mol. The molecule has 0 radical (unpaired) electrons. The molecule has 0 unspecified atom stereocenters. The largest absolute Gasteiger partial charge is 0.378 e. The van der Waals surface area contributed by atoms with Crippen molar-refractivity contribution in [2.45, 2.75) is 13.5 Å². The molecule has 3 rings (SSSR count). The number of guanidine groups is 1. The highest BCUT2D eigenvalue weighted by Gasteiger charge is 2.12. The van der Waals surface area contributed by atoms with Gasteiger partial charge in [0.2, 0.25) is 0 Å². The Morgan fingerprint density at radius 1 is 1.45 bits per heavy atom. The molecule has 0 saturated carbocycles. The smallest absolute Gasteiger partial charge is 0.191 e. The summed E-state index contributed by atoms with van der Waals surface area (Å²) in [5, 5.41) is 0. The van der Waals surface area contributed by atoms with E-state index in [1.54, 1.807) is 0 Å². The van der Waals surface area contributed by atoms with E-state index in [1.807, 2.05) is 17.0 Å². The minimum absolute atomic E-state index is 0.470. The van der Waals surface area contributed by atoms with Crippen molar-refractivity contribution in [1.29, 1.82) is 0 Å².